The fraction of sp³-hybridized carbons (Fsp3) is 0.333. The van der Waals surface area contributed by atoms with Gasteiger partial charge in [0.25, 0.3) is 0 Å². The average Bonchev–Trinajstić information content (AvgIpc) is 3.38. The number of halogens is 2. The molecule has 11 nitrogen and oxygen atoms in total. The van der Waals surface area contributed by atoms with E-state index in [-0.39, 0.29) is 27.3 Å². The molecule has 2 amide bonds. The molecule has 0 N–H and O–H groups in total. The number of imide groups is 1. The number of aromatic nitrogens is 4. The lowest BCUT2D eigenvalue weighted by atomic mass is 10.0. The van der Waals surface area contributed by atoms with Crippen molar-refractivity contribution in [2.24, 2.45) is 0 Å². The van der Waals surface area contributed by atoms with Crippen molar-refractivity contribution >= 4 is 57.5 Å². The number of aryl methyl sites for hydroxylation is 1. The molecular formula is C36H37ClFN5O6. The molecule has 0 saturated heterocycles. The van der Waals surface area contributed by atoms with Gasteiger partial charge < -0.3 is 14.2 Å². The van der Waals surface area contributed by atoms with Gasteiger partial charge in [-0.2, -0.15) is 4.90 Å². The van der Waals surface area contributed by atoms with Crippen LogP contribution < -0.4 is 4.90 Å². The molecule has 2 aromatic carbocycles. The van der Waals surface area contributed by atoms with E-state index in [2.05, 4.69) is 9.97 Å². The molecule has 0 unspecified atom stereocenters. The number of imidazole rings is 1. The SMILES string of the molecule is CCCc1nc2c(C(=O)OC)cc(-c3ccnc(N(C(=O)OC(C)(C)C)C(=O)OC(C)(C)C)c3)cc2n1-c1ccnc2c(Cl)ccc(F)c12. The molecule has 0 saturated carbocycles. The summed E-state index contributed by atoms with van der Waals surface area (Å²) in [5, 5.41) is 0.465. The van der Waals surface area contributed by atoms with Gasteiger partial charge in [-0.25, -0.2) is 28.7 Å². The smallest absolute Gasteiger partial charge is 0.425 e. The van der Waals surface area contributed by atoms with Crippen molar-refractivity contribution in [3.05, 3.63) is 77.1 Å². The lowest BCUT2D eigenvalue weighted by Gasteiger charge is -2.28. The second-order valence-electron chi connectivity index (χ2n) is 13.3. The standard InChI is InChI=1S/C36H37ClFN5O6/c1-9-10-27-41-30-22(32(44)47-8)17-21(18-26(30)42(27)25-14-16-40-31-23(37)11-12-24(38)29(25)31)20-13-15-39-28(19-20)43(33(45)48-35(2,3)4)34(46)49-36(5,6)7/h11-19H,9-10H2,1-8H3. The fourth-order valence-electron chi connectivity index (χ4n) is 5.28. The number of amides is 2. The highest BCUT2D eigenvalue weighted by Crippen LogP contribution is 2.36. The van der Waals surface area contributed by atoms with Crippen molar-refractivity contribution in [2.45, 2.75) is 72.5 Å². The number of fused-ring (bicyclic) bond motifs is 2. The molecule has 0 aliphatic heterocycles. The van der Waals surface area contributed by atoms with Crippen molar-refractivity contribution in [3.8, 4) is 16.8 Å². The van der Waals surface area contributed by atoms with Gasteiger partial charge in [-0.15, -0.1) is 0 Å². The van der Waals surface area contributed by atoms with E-state index in [4.69, 9.17) is 30.8 Å². The maximum absolute atomic E-state index is 15.5. The Bertz CT molecular complexity index is 2070. The third kappa shape index (κ3) is 7.34. The number of pyridine rings is 2. The Labute approximate surface area is 288 Å². The van der Waals surface area contributed by atoms with Crippen molar-refractivity contribution < 1.29 is 33.0 Å². The molecule has 0 fully saturated rings. The van der Waals surface area contributed by atoms with Gasteiger partial charge >= 0.3 is 18.2 Å². The minimum absolute atomic E-state index is 0.0715. The molecule has 0 spiro atoms. The lowest BCUT2D eigenvalue weighted by Crippen LogP contribution is -2.44. The first-order valence-corrected chi connectivity index (χ1v) is 16.0. The second kappa shape index (κ2) is 13.4. The van der Waals surface area contributed by atoms with Gasteiger partial charge in [-0.3, -0.25) is 9.55 Å². The average molecular weight is 690 g/mol. The minimum Gasteiger partial charge on any atom is -0.465 e. The molecule has 0 aliphatic carbocycles. The van der Waals surface area contributed by atoms with Crippen LogP contribution in [0, 0.1) is 5.82 Å². The Morgan fingerprint density at radius 3 is 2.14 bits per heavy atom. The van der Waals surface area contributed by atoms with Crippen LogP contribution in [0.4, 0.5) is 19.8 Å². The maximum Gasteiger partial charge on any atom is 0.425 e. The van der Waals surface area contributed by atoms with Gasteiger partial charge in [-0.05, 0) is 102 Å². The van der Waals surface area contributed by atoms with Crippen molar-refractivity contribution in [1.82, 2.24) is 19.5 Å². The second-order valence-corrected chi connectivity index (χ2v) is 13.7. The number of methoxy groups -OCH3 is 1. The van der Waals surface area contributed by atoms with E-state index in [1.807, 2.05) is 6.92 Å². The summed E-state index contributed by atoms with van der Waals surface area (Å²) in [4.78, 5) is 54.2. The summed E-state index contributed by atoms with van der Waals surface area (Å²) in [6, 6.07) is 10.9. The van der Waals surface area contributed by atoms with Crippen LogP contribution in [0.25, 0.3) is 38.8 Å². The number of hydrogen-bond acceptors (Lipinski definition) is 9. The number of esters is 1. The van der Waals surface area contributed by atoms with Crippen LogP contribution in [0.5, 0.6) is 0 Å². The van der Waals surface area contributed by atoms with Crippen LogP contribution in [0.1, 0.15) is 71.1 Å². The van der Waals surface area contributed by atoms with E-state index < -0.39 is 35.2 Å². The van der Waals surface area contributed by atoms with Crippen molar-refractivity contribution in [2.75, 3.05) is 12.0 Å². The van der Waals surface area contributed by atoms with Crippen LogP contribution in [-0.4, -0.2) is 56.0 Å². The zero-order valence-corrected chi connectivity index (χ0v) is 29.3. The molecule has 0 aliphatic rings. The third-order valence-electron chi connectivity index (χ3n) is 7.18. The van der Waals surface area contributed by atoms with E-state index in [9.17, 15) is 14.4 Å². The van der Waals surface area contributed by atoms with Gasteiger partial charge in [0.2, 0.25) is 0 Å². The van der Waals surface area contributed by atoms with E-state index in [1.54, 1.807) is 70.4 Å². The van der Waals surface area contributed by atoms with E-state index in [0.29, 0.717) is 46.5 Å². The summed E-state index contributed by atoms with van der Waals surface area (Å²) in [6.07, 6.45) is 2.19. The summed E-state index contributed by atoms with van der Waals surface area (Å²) in [5.41, 5.74) is 0.787. The Balaban J connectivity index is 1.78. The summed E-state index contributed by atoms with van der Waals surface area (Å²) < 4.78 is 33.5. The molecule has 3 heterocycles. The van der Waals surface area contributed by atoms with Crippen molar-refractivity contribution in [3.63, 3.8) is 0 Å². The topological polar surface area (TPSA) is 126 Å². The first kappa shape index (κ1) is 35.2. The van der Waals surface area contributed by atoms with Crippen LogP contribution in [0.15, 0.2) is 54.9 Å². The number of carbonyl (C=O) groups excluding carboxylic acids is 3. The molecule has 0 radical (unpaired) electrons. The van der Waals surface area contributed by atoms with Gasteiger partial charge in [0.05, 0.1) is 39.8 Å². The van der Waals surface area contributed by atoms with E-state index in [1.165, 1.54) is 37.7 Å². The molecular weight excluding hydrogens is 653 g/mol. The largest absolute Gasteiger partial charge is 0.465 e. The maximum atomic E-state index is 15.5. The molecule has 5 rings (SSSR count). The first-order valence-electron chi connectivity index (χ1n) is 15.6. The molecule has 49 heavy (non-hydrogen) atoms. The zero-order chi connectivity index (χ0) is 35.8. The highest BCUT2D eigenvalue weighted by atomic mass is 35.5. The number of anilines is 1. The molecule has 5 aromatic rings. The number of nitrogens with zero attached hydrogens (tertiary/aromatic N) is 5. The predicted molar refractivity (Wildman–Crippen MR) is 185 cm³/mol. The summed E-state index contributed by atoms with van der Waals surface area (Å²) >= 11 is 6.44. The van der Waals surface area contributed by atoms with E-state index in [0.717, 1.165) is 4.90 Å². The highest BCUT2D eigenvalue weighted by molar-refractivity contribution is 6.35. The van der Waals surface area contributed by atoms with Crippen LogP contribution in [-0.2, 0) is 20.6 Å². The Morgan fingerprint density at radius 1 is 0.878 bits per heavy atom. The highest BCUT2D eigenvalue weighted by Gasteiger charge is 2.34. The Morgan fingerprint density at radius 2 is 1.53 bits per heavy atom. The van der Waals surface area contributed by atoms with Crippen molar-refractivity contribution in [1.29, 1.82) is 0 Å². The number of rotatable bonds is 6. The quantitative estimate of drug-likeness (QED) is 0.127. The van der Waals surface area contributed by atoms with E-state index >= 15 is 4.39 Å². The molecule has 0 bridgehead atoms. The fourth-order valence-corrected chi connectivity index (χ4v) is 5.48. The monoisotopic (exact) mass is 689 g/mol. The summed E-state index contributed by atoms with van der Waals surface area (Å²) in [5.74, 6) is -0.674. The molecule has 13 heteroatoms. The van der Waals surface area contributed by atoms with Gasteiger partial charge in [0.15, 0.2) is 0 Å². The number of carbonyl (C=O) groups is 3. The first-order chi connectivity index (χ1) is 23.0. The lowest BCUT2D eigenvalue weighted by molar-refractivity contribution is 0.0428. The molecule has 3 aromatic heterocycles. The Kier molecular flexibility index (Phi) is 9.65. The molecule has 256 valence electrons. The predicted octanol–water partition coefficient (Wildman–Crippen LogP) is 8.84. The normalized spacial score (nSPS) is 11.9. The summed E-state index contributed by atoms with van der Waals surface area (Å²) in [6.45, 7) is 12.0. The van der Waals surface area contributed by atoms with Gasteiger partial charge in [-0.1, -0.05) is 18.5 Å². The molecule has 0 atom stereocenters. The van der Waals surface area contributed by atoms with Crippen LogP contribution in [0.2, 0.25) is 5.02 Å². The number of benzene rings is 2. The third-order valence-corrected chi connectivity index (χ3v) is 7.48. The van der Waals surface area contributed by atoms with Crippen LogP contribution in [0.3, 0.4) is 0 Å². The van der Waals surface area contributed by atoms with Gasteiger partial charge in [0.1, 0.15) is 34.2 Å². The van der Waals surface area contributed by atoms with Gasteiger partial charge in [0, 0.05) is 18.8 Å². The zero-order valence-electron chi connectivity index (χ0n) is 28.6. The number of ether oxygens (including phenoxy) is 3. The minimum atomic E-state index is -0.982. The Hall–Kier alpha value is -5.10. The van der Waals surface area contributed by atoms with Crippen LogP contribution >= 0.6 is 11.6 Å². The summed E-state index contributed by atoms with van der Waals surface area (Å²) in [7, 11) is 1.27. The number of hydrogen-bond donors (Lipinski definition) is 0.